The first-order valence-corrected chi connectivity index (χ1v) is 8.00. The maximum absolute atomic E-state index is 13.7. The molecule has 0 saturated carbocycles. The normalized spacial score (nSPS) is 10.5. The first-order chi connectivity index (χ1) is 12.1. The molecule has 1 aromatic heterocycles. The lowest BCUT2D eigenvalue weighted by Gasteiger charge is -2.08. The molecule has 2 aromatic carbocycles. The first kappa shape index (κ1) is 17.0. The minimum atomic E-state index is -0.664. The number of halogens is 2. The van der Waals surface area contributed by atoms with Crippen LogP contribution in [-0.4, -0.2) is 17.6 Å². The fourth-order valence-electron chi connectivity index (χ4n) is 2.21. The van der Waals surface area contributed by atoms with Crippen molar-refractivity contribution < 1.29 is 13.6 Å². The van der Waals surface area contributed by atoms with E-state index in [0.717, 1.165) is 5.56 Å². The minimum absolute atomic E-state index is 0.0257. The fourth-order valence-corrected chi connectivity index (χ4v) is 2.38. The molecule has 3 rings (SSSR count). The number of urea groups is 1. The van der Waals surface area contributed by atoms with E-state index in [9.17, 15) is 9.18 Å². The maximum atomic E-state index is 13.7. The Morgan fingerprint density at radius 1 is 1.16 bits per heavy atom. The predicted octanol–water partition coefficient (Wildman–Crippen LogP) is 4.50. The third-order valence-corrected chi connectivity index (χ3v) is 3.73. The molecule has 0 aliphatic heterocycles. The molecule has 128 valence electrons. The van der Waals surface area contributed by atoms with Crippen LogP contribution in [-0.2, 0) is 6.42 Å². The van der Waals surface area contributed by atoms with Crippen molar-refractivity contribution in [1.82, 2.24) is 10.3 Å². The lowest BCUT2D eigenvalue weighted by molar-refractivity contribution is 0.252. The second-order valence-corrected chi connectivity index (χ2v) is 5.65. The topological polar surface area (TPSA) is 67.2 Å². The van der Waals surface area contributed by atoms with Gasteiger partial charge in [0.2, 0.25) is 5.89 Å². The van der Waals surface area contributed by atoms with E-state index in [-0.39, 0.29) is 10.7 Å². The number of benzene rings is 2. The zero-order valence-corrected chi connectivity index (χ0v) is 13.9. The molecule has 0 atom stereocenters. The summed E-state index contributed by atoms with van der Waals surface area (Å²) in [5.74, 6) is -0.135. The van der Waals surface area contributed by atoms with Crippen LogP contribution in [0.15, 0.2) is 59.2 Å². The highest BCUT2D eigenvalue weighted by molar-refractivity contribution is 6.31. The van der Waals surface area contributed by atoms with Crippen LogP contribution in [0.25, 0.3) is 11.5 Å². The Kier molecular flexibility index (Phi) is 5.30. The average Bonchev–Trinajstić information content (AvgIpc) is 3.09. The van der Waals surface area contributed by atoms with Gasteiger partial charge < -0.3 is 15.1 Å². The number of carbonyl (C=O) groups excluding carboxylic acids is 1. The van der Waals surface area contributed by atoms with Gasteiger partial charge >= 0.3 is 6.03 Å². The third kappa shape index (κ3) is 4.36. The summed E-state index contributed by atoms with van der Waals surface area (Å²) in [6.45, 7) is 0.328. The van der Waals surface area contributed by atoms with Crippen molar-refractivity contribution in [2.24, 2.45) is 0 Å². The number of nitrogens with one attached hydrogen (secondary N) is 2. The number of hydrogen-bond donors (Lipinski definition) is 2. The zero-order valence-electron chi connectivity index (χ0n) is 13.1. The van der Waals surface area contributed by atoms with Crippen LogP contribution in [0.3, 0.4) is 0 Å². The quantitative estimate of drug-likeness (QED) is 0.704. The van der Waals surface area contributed by atoms with Crippen molar-refractivity contribution >= 4 is 23.3 Å². The van der Waals surface area contributed by atoms with Crippen LogP contribution in [0.4, 0.5) is 14.9 Å². The summed E-state index contributed by atoms with van der Waals surface area (Å²) in [4.78, 5) is 16.2. The summed E-state index contributed by atoms with van der Waals surface area (Å²) in [6, 6.07) is 13.4. The second kappa shape index (κ2) is 7.81. The van der Waals surface area contributed by atoms with E-state index >= 15 is 0 Å². The zero-order chi connectivity index (χ0) is 17.6. The fraction of sp³-hybridized carbons (Fsp3) is 0.111. The van der Waals surface area contributed by atoms with E-state index in [1.54, 1.807) is 12.3 Å². The molecule has 0 aliphatic carbocycles. The Labute approximate surface area is 148 Å². The molecule has 0 saturated heterocycles. The number of nitrogens with zero attached hydrogens (tertiary/aromatic N) is 1. The molecule has 25 heavy (non-hydrogen) atoms. The van der Waals surface area contributed by atoms with E-state index in [0.29, 0.717) is 24.6 Å². The summed E-state index contributed by atoms with van der Waals surface area (Å²) >= 11 is 5.67. The molecule has 0 spiro atoms. The maximum Gasteiger partial charge on any atom is 0.319 e. The number of amides is 2. The number of rotatable bonds is 5. The molecule has 0 radical (unpaired) electrons. The van der Waals surface area contributed by atoms with Gasteiger partial charge in [-0.1, -0.05) is 35.9 Å². The highest BCUT2D eigenvalue weighted by Crippen LogP contribution is 2.21. The molecular formula is C18H15ClFN3O2. The number of hydrogen-bond acceptors (Lipinski definition) is 3. The monoisotopic (exact) mass is 359 g/mol. The molecule has 2 amide bonds. The molecule has 0 unspecified atom stereocenters. The summed E-state index contributed by atoms with van der Waals surface area (Å²) in [5.41, 5.74) is 1.63. The lowest BCUT2D eigenvalue weighted by Crippen LogP contribution is -2.30. The Morgan fingerprint density at radius 2 is 1.96 bits per heavy atom. The van der Waals surface area contributed by atoms with Crippen molar-refractivity contribution in [2.75, 3.05) is 11.9 Å². The van der Waals surface area contributed by atoms with E-state index < -0.39 is 11.8 Å². The van der Waals surface area contributed by atoms with E-state index in [1.807, 2.05) is 30.3 Å². The standard InChI is InChI=1S/C18H15ClFN3O2/c19-14-7-4-8-15(16(14)20)23-18(24)21-10-9-13-11-25-17(22-13)12-5-2-1-3-6-12/h1-8,11H,9-10H2,(H2,21,23,24). The minimum Gasteiger partial charge on any atom is -0.444 e. The van der Waals surface area contributed by atoms with Gasteiger partial charge in [-0.2, -0.15) is 0 Å². The van der Waals surface area contributed by atoms with Gasteiger partial charge in [0.1, 0.15) is 6.26 Å². The van der Waals surface area contributed by atoms with E-state index in [4.69, 9.17) is 16.0 Å². The lowest BCUT2D eigenvalue weighted by atomic mass is 10.2. The Bertz CT molecular complexity index is 868. The van der Waals surface area contributed by atoms with Crippen molar-refractivity contribution in [1.29, 1.82) is 0 Å². The second-order valence-electron chi connectivity index (χ2n) is 5.24. The Balaban J connectivity index is 1.50. The molecule has 7 heteroatoms. The first-order valence-electron chi connectivity index (χ1n) is 7.62. The summed E-state index contributed by atoms with van der Waals surface area (Å²) in [6.07, 6.45) is 2.04. The molecule has 3 aromatic rings. The van der Waals surface area contributed by atoms with E-state index in [1.165, 1.54) is 12.1 Å². The molecular weight excluding hydrogens is 345 g/mol. The summed E-state index contributed by atoms with van der Waals surface area (Å²) in [7, 11) is 0. The van der Waals surface area contributed by atoms with Crippen molar-refractivity contribution in [3.05, 3.63) is 71.3 Å². The molecule has 0 aliphatic rings. The number of carbonyl (C=O) groups is 1. The SMILES string of the molecule is O=C(NCCc1coc(-c2ccccc2)n1)Nc1cccc(Cl)c1F. The van der Waals surface area contributed by atoms with Gasteiger partial charge in [0.25, 0.3) is 0 Å². The van der Waals surface area contributed by atoms with Crippen LogP contribution in [0, 0.1) is 5.82 Å². The van der Waals surface area contributed by atoms with Gasteiger partial charge in [-0.15, -0.1) is 0 Å². The van der Waals surface area contributed by atoms with Crippen LogP contribution in [0.5, 0.6) is 0 Å². The van der Waals surface area contributed by atoms with Gasteiger partial charge in [-0.25, -0.2) is 14.2 Å². The van der Waals surface area contributed by atoms with Gasteiger partial charge in [0.05, 0.1) is 16.4 Å². The summed E-state index contributed by atoms with van der Waals surface area (Å²) < 4.78 is 19.1. The Morgan fingerprint density at radius 3 is 2.76 bits per heavy atom. The average molecular weight is 360 g/mol. The molecule has 2 N–H and O–H groups in total. The van der Waals surface area contributed by atoms with Crippen LogP contribution >= 0.6 is 11.6 Å². The van der Waals surface area contributed by atoms with Crippen LogP contribution < -0.4 is 10.6 Å². The van der Waals surface area contributed by atoms with Crippen molar-refractivity contribution in [2.45, 2.75) is 6.42 Å². The smallest absolute Gasteiger partial charge is 0.319 e. The van der Waals surface area contributed by atoms with Crippen LogP contribution in [0.1, 0.15) is 5.69 Å². The largest absolute Gasteiger partial charge is 0.444 e. The number of oxazole rings is 1. The van der Waals surface area contributed by atoms with Gasteiger partial charge in [-0.05, 0) is 24.3 Å². The molecule has 0 bridgehead atoms. The highest BCUT2D eigenvalue weighted by Gasteiger charge is 2.10. The van der Waals surface area contributed by atoms with Gasteiger partial charge in [0.15, 0.2) is 5.82 Å². The van der Waals surface area contributed by atoms with Crippen LogP contribution in [0.2, 0.25) is 5.02 Å². The molecule has 5 nitrogen and oxygen atoms in total. The Hall–Kier alpha value is -2.86. The predicted molar refractivity (Wildman–Crippen MR) is 94.1 cm³/mol. The summed E-state index contributed by atoms with van der Waals surface area (Å²) in [5, 5.41) is 5.00. The third-order valence-electron chi connectivity index (χ3n) is 3.44. The van der Waals surface area contributed by atoms with Crippen molar-refractivity contribution in [3.8, 4) is 11.5 Å². The van der Waals surface area contributed by atoms with Gasteiger partial charge in [-0.3, -0.25) is 0 Å². The van der Waals surface area contributed by atoms with Crippen molar-refractivity contribution in [3.63, 3.8) is 0 Å². The number of aromatic nitrogens is 1. The molecule has 1 heterocycles. The van der Waals surface area contributed by atoms with E-state index in [2.05, 4.69) is 15.6 Å². The molecule has 0 fully saturated rings. The number of anilines is 1. The highest BCUT2D eigenvalue weighted by atomic mass is 35.5. The van der Waals surface area contributed by atoms with Gasteiger partial charge in [0, 0.05) is 18.5 Å².